The lowest BCUT2D eigenvalue weighted by atomic mass is 10.2. The van der Waals surface area contributed by atoms with Crippen LogP contribution in [0.5, 0.6) is 0 Å². The van der Waals surface area contributed by atoms with E-state index in [4.69, 9.17) is 11.1 Å². The van der Waals surface area contributed by atoms with Crippen LogP contribution in [0.15, 0.2) is 56.7 Å². The largest absolute Gasteiger partial charge is 0.384 e. The standard InChI is InChI=1S/C13H10BrN3O2S/c14-8-4-3-7-11(12(8)13(15)16)20-10-6-2-1-5-9(10)17(18)19/h1-7H,(H3,15,16). The maximum Gasteiger partial charge on any atom is 0.283 e. The third-order valence-electron chi connectivity index (χ3n) is 2.53. The first kappa shape index (κ1) is 14.5. The van der Waals surface area contributed by atoms with Crippen LogP contribution in [0, 0.1) is 15.5 Å². The summed E-state index contributed by atoms with van der Waals surface area (Å²) in [5.41, 5.74) is 6.14. The van der Waals surface area contributed by atoms with Crippen LogP contribution >= 0.6 is 27.7 Å². The van der Waals surface area contributed by atoms with E-state index >= 15 is 0 Å². The maximum atomic E-state index is 11.0. The van der Waals surface area contributed by atoms with Gasteiger partial charge in [-0.25, -0.2) is 0 Å². The van der Waals surface area contributed by atoms with Crippen molar-refractivity contribution >= 4 is 39.2 Å². The van der Waals surface area contributed by atoms with Crippen molar-refractivity contribution in [3.8, 4) is 0 Å². The third-order valence-corrected chi connectivity index (χ3v) is 4.31. The summed E-state index contributed by atoms with van der Waals surface area (Å²) in [6.07, 6.45) is 0. The lowest BCUT2D eigenvalue weighted by Gasteiger charge is -2.10. The smallest absolute Gasteiger partial charge is 0.283 e. The number of rotatable bonds is 4. The first-order chi connectivity index (χ1) is 9.50. The average molecular weight is 352 g/mol. The van der Waals surface area contributed by atoms with Crippen LogP contribution in [-0.2, 0) is 0 Å². The zero-order valence-corrected chi connectivity index (χ0v) is 12.6. The Morgan fingerprint density at radius 2 is 1.85 bits per heavy atom. The molecule has 2 rings (SSSR count). The molecule has 0 aliphatic carbocycles. The highest BCUT2D eigenvalue weighted by Gasteiger charge is 2.17. The summed E-state index contributed by atoms with van der Waals surface area (Å²) in [7, 11) is 0. The molecule has 0 radical (unpaired) electrons. The van der Waals surface area contributed by atoms with Crippen molar-refractivity contribution in [1.82, 2.24) is 0 Å². The molecule has 20 heavy (non-hydrogen) atoms. The Bertz CT molecular complexity index is 691. The van der Waals surface area contributed by atoms with Gasteiger partial charge in [0.15, 0.2) is 0 Å². The monoisotopic (exact) mass is 351 g/mol. The summed E-state index contributed by atoms with van der Waals surface area (Å²) in [6, 6.07) is 11.8. The van der Waals surface area contributed by atoms with Crippen LogP contribution in [0.2, 0.25) is 0 Å². The fourth-order valence-electron chi connectivity index (χ4n) is 1.66. The highest BCUT2D eigenvalue weighted by Crippen LogP contribution is 2.37. The van der Waals surface area contributed by atoms with Gasteiger partial charge in [0.05, 0.1) is 9.82 Å². The van der Waals surface area contributed by atoms with Crippen LogP contribution in [0.1, 0.15) is 5.56 Å². The number of nitrogens with one attached hydrogen (secondary N) is 1. The molecule has 5 nitrogen and oxygen atoms in total. The first-order valence-corrected chi connectivity index (χ1v) is 7.16. The minimum absolute atomic E-state index is 0.0342. The minimum Gasteiger partial charge on any atom is -0.384 e. The molecule has 7 heteroatoms. The van der Waals surface area contributed by atoms with E-state index in [2.05, 4.69) is 15.9 Å². The van der Waals surface area contributed by atoms with Gasteiger partial charge in [-0.05, 0) is 34.1 Å². The number of amidine groups is 1. The summed E-state index contributed by atoms with van der Waals surface area (Å²) < 4.78 is 0.689. The van der Waals surface area contributed by atoms with Gasteiger partial charge in [-0.3, -0.25) is 15.5 Å². The number of nitro benzene ring substituents is 1. The Kier molecular flexibility index (Phi) is 4.41. The second-order valence-corrected chi connectivity index (χ2v) is 5.79. The number of halogens is 1. The SMILES string of the molecule is N=C(N)c1c(Br)cccc1Sc1ccccc1[N+](=O)[O-]. The molecule has 2 aromatic rings. The van der Waals surface area contributed by atoms with Gasteiger partial charge in [0.25, 0.3) is 5.69 Å². The predicted octanol–water partition coefficient (Wildman–Crippen LogP) is 3.79. The number of para-hydroxylation sites is 1. The highest BCUT2D eigenvalue weighted by atomic mass is 79.9. The van der Waals surface area contributed by atoms with E-state index in [1.807, 2.05) is 0 Å². The Balaban J connectivity index is 2.49. The highest BCUT2D eigenvalue weighted by molar-refractivity contribution is 9.10. The Hall–Kier alpha value is -1.86. The van der Waals surface area contributed by atoms with Crippen molar-refractivity contribution in [2.45, 2.75) is 9.79 Å². The molecule has 0 aliphatic rings. The predicted molar refractivity (Wildman–Crippen MR) is 82.4 cm³/mol. The molecule has 0 saturated carbocycles. The maximum absolute atomic E-state index is 11.0. The molecule has 0 unspecified atom stereocenters. The summed E-state index contributed by atoms with van der Waals surface area (Å²) in [6.45, 7) is 0. The summed E-state index contributed by atoms with van der Waals surface area (Å²) in [4.78, 5) is 11.8. The molecule has 0 fully saturated rings. The van der Waals surface area contributed by atoms with Gasteiger partial charge >= 0.3 is 0 Å². The van der Waals surface area contributed by atoms with Gasteiger partial charge in [0.2, 0.25) is 0 Å². The Labute approximate surface area is 128 Å². The summed E-state index contributed by atoms with van der Waals surface area (Å²) in [5.74, 6) is -0.0847. The van der Waals surface area contributed by atoms with Crippen molar-refractivity contribution in [2.24, 2.45) is 5.73 Å². The van der Waals surface area contributed by atoms with E-state index in [1.54, 1.807) is 36.4 Å². The van der Waals surface area contributed by atoms with Gasteiger partial charge in [-0.2, -0.15) is 0 Å². The number of nitrogen functional groups attached to an aromatic ring is 1. The van der Waals surface area contributed by atoms with Gasteiger partial charge in [0.1, 0.15) is 5.84 Å². The van der Waals surface area contributed by atoms with Crippen molar-refractivity contribution in [3.63, 3.8) is 0 Å². The molecule has 0 bridgehead atoms. The van der Waals surface area contributed by atoms with E-state index in [0.717, 1.165) is 0 Å². The minimum atomic E-state index is -0.423. The molecule has 3 N–H and O–H groups in total. The van der Waals surface area contributed by atoms with Gasteiger partial charge < -0.3 is 5.73 Å². The van der Waals surface area contributed by atoms with E-state index in [-0.39, 0.29) is 11.5 Å². The molecular weight excluding hydrogens is 342 g/mol. The number of hydrogen-bond donors (Lipinski definition) is 2. The summed E-state index contributed by atoms with van der Waals surface area (Å²) in [5, 5.41) is 18.6. The van der Waals surface area contributed by atoms with Crippen molar-refractivity contribution in [3.05, 3.63) is 62.6 Å². The van der Waals surface area contributed by atoms with E-state index < -0.39 is 4.92 Å². The quantitative estimate of drug-likeness (QED) is 0.379. The van der Waals surface area contributed by atoms with Crippen LogP contribution in [-0.4, -0.2) is 10.8 Å². The zero-order chi connectivity index (χ0) is 14.7. The van der Waals surface area contributed by atoms with Crippen LogP contribution in [0.25, 0.3) is 0 Å². The fraction of sp³-hybridized carbons (Fsp3) is 0. The zero-order valence-electron chi connectivity index (χ0n) is 10.2. The van der Waals surface area contributed by atoms with E-state index in [1.165, 1.54) is 17.8 Å². The van der Waals surface area contributed by atoms with Crippen molar-refractivity contribution in [2.75, 3.05) is 0 Å². The van der Waals surface area contributed by atoms with Crippen LogP contribution < -0.4 is 5.73 Å². The van der Waals surface area contributed by atoms with Crippen LogP contribution in [0.4, 0.5) is 5.69 Å². The van der Waals surface area contributed by atoms with Crippen molar-refractivity contribution < 1.29 is 4.92 Å². The van der Waals surface area contributed by atoms with Crippen LogP contribution in [0.3, 0.4) is 0 Å². The molecule has 0 spiro atoms. The lowest BCUT2D eigenvalue weighted by Crippen LogP contribution is -2.13. The normalized spacial score (nSPS) is 10.2. The summed E-state index contributed by atoms with van der Waals surface area (Å²) >= 11 is 4.56. The molecule has 0 aromatic heterocycles. The molecule has 0 aliphatic heterocycles. The first-order valence-electron chi connectivity index (χ1n) is 5.55. The van der Waals surface area contributed by atoms with Gasteiger partial charge in [-0.15, -0.1) is 0 Å². The molecule has 0 amide bonds. The number of nitrogens with zero attached hydrogens (tertiary/aromatic N) is 1. The fourth-order valence-corrected chi connectivity index (χ4v) is 3.47. The topological polar surface area (TPSA) is 93.0 Å². The third kappa shape index (κ3) is 3.00. The number of hydrogen-bond acceptors (Lipinski definition) is 4. The Morgan fingerprint density at radius 1 is 1.20 bits per heavy atom. The van der Waals surface area contributed by atoms with Gasteiger partial charge in [0, 0.05) is 21.0 Å². The van der Waals surface area contributed by atoms with E-state index in [9.17, 15) is 10.1 Å². The number of nitrogens with two attached hydrogens (primary N) is 1. The number of benzene rings is 2. The second kappa shape index (κ2) is 6.06. The molecule has 102 valence electrons. The lowest BCUT2D eigenvalue weighted by molar-refractivity contribution is -0.387. The van der Waals surface area contributed by atoms with Gasteiger partial charge in [-0.1, -0.05) is 30.0 Å². The molecule has 0 atom stereocenters. The second-order valence-electron chi connectivity index (χ2n) is 3.85. The number of nitro groups is 1. The molecule has 2 aromatic carbocycles. The molecular formula is C13H10BrN3O2S. The van der Waals surface area contributed by atoms with Crippen molar-refractivity contribution in [1.29, 1.82) is 5.41 Å². The molecule has 0 heterocycles. The Morgan fingerprint density at radius 3 is 2.50 bits per heavy atom. The molecule has 0 saturated heterocycles. The van der Waals surface area contributed by atoms with E-state index in [0.29, 0.717) is 19.8 Å². The average Bonchev–Trinajstić information content (AvgIpc) is 2.38.